The van der Waals surface area contributed by atoms with E-state index in [1.165, 1.54) is 0 Å². The molecular weight excluding hydrogens is 238 g/mol. The molecule has 0 aliphatic heterocycles. The summed E-state index contributed by atoms with van der Waals surface area (Å²) in [5, 5.41) is 3.96. The molecule has 1 aromatic carbocycles. The molecule has 92 valence electrons. The van der Waals surface area contributed by atoms with Crippen LogP contribution >= 0.6 is 12.4 Å². The fourth-order valence-corrected chi connectivity index (χ4v) is 1.38. The number of hydrogen-bond donors (Lipinski definition) is 0. The van der Waals surface area contributed by atoms with Crippen LogP contribution in [-0.2, 0) is 6.42 Å². The maximum atomic E-state index is 5.18. The van der Waals surface area contributed by atoms with Gasteiger partial charge >= 0.3 is 0 Å². The van der Waals surface area contributed by atoms with Crippen molar-refractivity contribution in [2.24, 2.45) is 0 Å². The Morgan fingerprint density at radius 2 is 1.88 bits per heavy atom. The van der Waals surface area contributed by atoms with Crippen LogP contribution in [-0.4, -0.2) is 35.7 Å². The molecule has 4 nitrogen and oxygen atoms in total. The minimum absolute atomic E-state index is 0. The smallest absolute Gasteiger partial charge is 0.228 e. The summed E-state index contributed by atoms with van der Waals surface area (Å²) in [5.74, 6) is 1.35. The molecule has 2 rings (SSSR count). The lowest BCUT2D eigenvalue weighted by molar-refractivity contribution is 0.344. The third kappa shape index (κ3) is 3.84. The van der Waals surface area contributed by atoms with Crippen molar-refractivity contribution in [3.8, 4) is 11.4 Å². The summed E-state index contributed by atoms with van der Waals surface area (Å²) < 4.78 is 5.18. The number of halogens is 1. The molecular formula is C12H16ClN3O. The number of rotatable bonds is 4. The summed E-state index contributed by atoms with van der Waals surface area (Å²) in [6.45, 7) is 0.913. The fraction of sp³-hybridized carbons (Fsp3) is 0.333. The summed E-state index contributed by atoms with van der Waals surface area (Å²) >= 11 is 0. The minimum Gasteiger partial charge on any atom is -0.339 e. The molecule has 0 N–H and O–H groups in total. The Hall–Kier alpha value is -1.39. The average molecular weight is 254 g/mol. The Kier molecular flexibility index (Phi) is 5.12. The van der Waals surface area contributed by atoms with Crippen LogP contribution in [0.4, 0.5) is 0 Å². The molecule has 5 heteroatoms. The Morgan fingerprint density at radius 3 is 2.53 bits per heavy atom. The Balaban J connectivity index is 0.00000144. The first kappa shape index (κ1) is 13.7. The first-order chi connectivity index (χ1) is 7.75. The maximum Gasteiger partial charge on any atom is 0.228 e. The fourth-order valence-electron chi connectivity index (χ4n) is 1.38. The van der Waals surface area contributed by atoms with Gasteiger partial charge in [0.05, 0.1) is 0 Å². The van der Waals surface area contributed by atoms with Crippen molar-refractivity contribution < 1.29 is 4.52 Å². The first-order valence-electron chi connectivity index (χ1n) is 5.28. The lowest BCUT2D eigenvalue weighted by atomic mass is 10.2. The summed E-state index contributed by atoms with van der Waals surface area (Å²) in [5.41, 5.74) is 0.988. The van der Waals surface area contributed by atoms with Gasteiger partial charge in [-0.2, -0.15) is 4.98 Å². The highest BCUT2D eigenvalue weighted by Gasteiger charge is 2.07. The van der Waals surface area contributed by atoms with Gasteiger partial charge in [-0.05, 0) is 14.1 Å². The molecule has 0 unspecified atom stereocenters. The van der Waals surface area contributed by atoms with Gasteiger partial charge in [0.2, 0.25) is 11.7 Å². The molecule has 0 aliphatic rings. The summed E-state index contributed by atoms with van der Waals surface area (Å²) in [6, 6.07) is 9.84. The maximum absolute atomic E-state index is 5.18. The Bertz CT molecular complexity index is 442. The van der Waals surface area contributed by atoms with E-state index >= 15 is 0 Å². The van der Waals surface area contributed by atoms with Crippen LogP contribution in [0.2, 0.25) is 0 Å². The zero-order chi connectivity index (χ0) is 11.4. The predicted octanol–water partition coefficient (Wildman–Crippen LogP) is 2.26. The van der Waals surface area contributed by atoms with E-state index in [0.717, 1.165) is 18.5 Å². The van der Waals surface area contributed by atoms with Crippen LogP contribution < -0.4 is 0 Å². The molecule has 0 atom stereocenters. The quantitative estimate of drug-likeness (QED) is 0.838. The highest BCUT2D eigenvalue weighted by molar-refractivity contribution is 5.85. The van der Waals surface area contributed by atoms with Crippen molar-refractivity contribution >= 4 is 12.4 Å². The van der Waals surface area contributed by atoms with E-state index in [1.54, 1.807) is 0 Å². The molecule has 0 saturated heterocycles. The minimum atomic E-state index is 0. The zero-order valence-electron chi connectivity index (χ0n) is 9.96. The van der Waals surface area contributed by atoms with Gasteiger partial charge in [-0.1, -0.05) is 35.5 Å². The summed E-state index contributed by atoms with van der Waals surface area (Å²) in [7, 11) is 4.04. The number of aromatic nitrogens is 2. The van der Waals surface area contributed by atoms with Crippen LogP contribution in [0, 0.1) is 0 Å². The van der Waals surface area contributed by atoms with Gasteiger partial charge in [-0.15, -0.1) is 12.4 Å². The Labute approximate surface area is 107 Å². The lowest BCUT2D eigenvalue weighted by Crippen LogP contribution is -2.15. The van der Waals surface area contributed by atoms with Crippen LogP contribution in [0.5, 0.6) is 0 Å². The summed E-state index contributed by atoms with van der Waals surface area (Å²) in [4.78, 5) is 6.44. The second-order valence-electron chi connectivity index (χ2n) is 3.93. The number of hydrogen-bond acceptors (Lipinski definition) is 4. The number of nitrogens with zero attached hydrogens (tertiary/aromatic N) is 3. The predicted molar refractivity (Wildman–Crippen MR) is 69.2 cm³/mol. The number of benzene rings is 1. The van der Waals surface area contributed by atoms with Crippen molar-refractivity contribution in [3.05, 3.63) is 36.2 Å². The standard InChI is InChI=1S/C12H15N3O.ClH/c1-15(2)9-8-11-13-12(14-16-11)10-6-4-3-5-7-10;/h3-7H,8-9H2,1-2H3;1H. The molecule has 0 saturated carbocycles. The topological polar surface area (TPSA) is 42.2 Å². The molecule has 0 radical (unpaired) electrons. The highest BCUT2D eigenvalue weighted by atomic mass is 35.5. The van der Waals surface area contributed by atoms with E-state index in [4.69, 9.17) is 4.52 Å². The third-order valence-electron chi connectivity index (χ3n) is 2.27. The molecule has 0 spiro atoms. The molecule has 0 aliphatic carbocycles. The van der Waals surface area contributed by atoms with Crippen LogP contribution in [0.25, 0.3) is 11.4 Å². The molecule has 0 fully saturated rings. The highest BCUT2D eigenvalue weighted by Crippen LogP contribution is 2.14. The molecule has 0 amide bonds. The lowest BCUT2D eigenvalue weighted by Gasteiger charge is -2.05. The van der Waals surface area contributed by atoms with Crippen molar-refractivity contribution in [2.75, 3.05) is 20.6 Å². The monoisotopic (exact) mass is 253 g/mol. The van der Waals surface area contributed by atoms with E-state index < -0.39 is 0 Å². The number of likely N-dealkylation sites (N-methyl/N-ethyl adjacent to an activating group) is 1. The average Bonchev–Trinajstić information content (AvgIpc) is 2.76. The van der Waals surface area contributed by atoms with Gasteiger partial charge < -0.3 is 9.42 Å². The Morgan fingerprint density at radius 1 is 1.18 bits per heavy atom. The van der Waals surface area contributed by atoms with E-state index in [1.807, 2.05) is 44.4 Å². The zero-order valence-corrected chi connectivity index (χ0v) is 10.8. The van der Waals surface area contributed by atoms with Gasteiger partial charge in [0, 0.05) is 18.5 Å². The largest absolute Gasteiger partial charge is 0.339 e. The molecule has 17 heavy (non-hydrogen) atoms. The van der Waals surface area contributed by atoms with Crippen molar-refractivity contribution in [1.82, 2.24) is 15.0 Å². The van der Waals surface area contributed by atoms with Crippen LogP contribution in [0.3, 0.4) is 0 Å². The van der Waals surface area contributed by atoms with Crippen LogP contribution in [0.1, 0.15) is 5.89 Å². The van der Waals surface area contributed by atoms with Gasteiger partial charge in [-0.25, -0.2) is 0 Å². The van der Waals surface area contributed by atoms with Crippen molar-refractivity contribution in [1.29, 1.82) is 0 Å². The van der Waals surface area contributed by atoms with E-state index in [9.17, 15) is 0 Å². The van der Waals surface area contributed by atoms with Gasteiger partial charge in [0.1, 0.15) is 0 Å². The third-order valence-corrected chi connectivity index (χ3v) is 2.27. The van der Waals surface area contributed by atoms with E-state index in [2.05, 4.69) is 15.0 Å². The van der Waals surface area contributed by atoms with Crippen molar-refractivity contribution in [2.45, 2.75) is 6.42 Å². The van der Waals surface area contributed by atoms with Gasteiger partial charge in [0.15, 0.2) is 0 Å². The molecule has 2 aromatic rings. The van der Waals surface area contributed by atoms with E-state index in [0.29, 0.717) is 11.7 Å². The van der Waals surface area contributed by atoms with Crippen LogP contribution in [0.15, 0.2) is 34.9 Å². The molecule has 0 bridgehead atoms. The second-order valence-corrected chi connectivity index (χ2v) is 3.93. The van der Waals surface area contributed by atoms with Crippen molar-refractivity contribution in [3.63, 3.8) is 0 Å². The first-order valence-corrected chi connectivity index (χ1v) is 5.28. The normalized spacial score (nSPS) is 10.3. The SMILES string of the molecule is CN(C)CCc1nc(-c2ccccc2)no1.Cl. The molecule has 1 aromatic heterocycles. The molecule has 1 heterocycles. The second kappa shape index (κ2) is 6.37. The van der Waals surface area contributed by atoms with Gasteiger partial charge in [-0.3, -0.25) is 0 Å². The van der Waals surface area contributed by atoms with E-state index in [-0.39, 0.29) is 12.4 Å². The summed E-state index contributed by atoms with van der Waals surface area (Å²) in [6.07, 6.45) is 0.785. The van der Waals surface area contributed by atoms with Gasteiger partial charge in [0.25, 0.3) is 0 Å².